The van der Waals surface area contributed by atoms with E-state index in [1.54, 1.807) is 13.0 Å². The van der Waals surface area contributed by atoms with E-state index in [4.69, 9.17) is 16.7 Å². The second-order valence-electron chi connectivity index (χ2n) is 3.87. The molecule has 0 aromatic heterocycles. The highest BCUT2D eigenvalue weighted by atomic mass is 35.5. The van der Waals surface area contributed by atoms with Crippen LogP contribution in [-0.4, -0.2) is 35.8 Å². The van der Waals surface area contributed by atoms with E-state index < -0.39 is 11.0 Å². The van der Waals surface area contributed by atoms with Crippen molar-refractivity contribution in [1.82, 2.24) is 5.32 Å². The van der Waals surface area contributed by atoms with E-state index in [1.165, 1.54) is 12.1 Å². The average molecular weight is 274 g/mol. The maximum Gasteiger partial charge on any atom is 0.293 e. The maximum atomic E-state index is 10.8. The second kappa shape index (κ2) is 7.15. The molecule has 0 aliphatic rings. The summed E-state index contributed by atoms with van der Waals surface area (Å²) in [6.45, 7) is 3.22. The normalized spacial score (nSPS) is 12.2. The fourth-order valence-electron chi connectivity index (χ4n) is 1.43. The van der Waals surface area contributed by atoms with Gasteiger partial charge in [-0.1, -0.05) is 17.7 Å². The maximum absolute atomic E-state index is 10.8. The quantitative estimate of drug-likeness (QED) is 0.399. The van der Waals surface area contributed by atoms with Crippen LogP contribution >= 0.6 is 11.6 Å². The number of para-hydroxylation sites is 1. The number of anilines is 1. The van der Waals surface area contributed by atoms with Crippen molar-refractivity contribution in [3.8, 4) is 0 Å². The molecule has 0 bridgehead atoms. The Morgan fingerprint density at radius 1 is 1.50 bits per heavy atom. The first-order valence-corrected chi connectivity index (χ1v) is 5.95. The summed E-state index contributed by atoms with van der Waals surface area (Å²) < 4.78 is 0. The van der Waals surface area contributed by atoms with Crippen molar-refractivity contribution in [2.45, 2.75) is 13.0 Å². The number of aliphatic hydroxyl groups excluding tert-OH is 1. The second-order valence-corrected chi connectivity index (χ2v) is 4.28. The van der Waals surface area contributed by atoms with E-state index in [-0.39, 0.29) is 5.69 Å². The number of nitrogens with one attached hydrogen (secondary N) is 2. The molecule has 18 heavy (non-hydrogen) atoms. The zero-order valence-corrected chi connectivity index (χ0v) is 10.8. The van der Waals surface area contributed by atoms with Crippen molar-refractivity contribution in [2.75, 3.05) is 25.0 Å². The Kier molecular flexibility index (Phi) is 5.84. The minimum Gasteiger partial charge on any atom is -0.392 e. The molecule has 0 radical (unpaired) electrons. The third-order valence-electron chi connectivity index (χ3n) is 2.23. The number of nitro groups is 1. The lowest BCUT2D eigenvalue weighted by atomic mass is 10.2. The number of hydrogen-bond acceptors (Lipinski definition) is 5. The molecule has 0 saturated heterocycles. The van der Waals surface area contributed by atoms with Gasteiger partial charge in [0, 0.05) is 25.7 Å². The molecule has 7 heteroatoms. The van der Waals surface area contributed by atoms with Crippen molar-refractivity contribution in [1.29, 1.82) is 0 Å². The van der Waals surface area contributed by atoms with Gasteiger partial charge in [-0.2, -0.15) is 0 Å². The minimum atomic E-state index is -0.475. The van der Waals surface area contributed by atoms with Gasteiger partial charge in [-0.3, -0.25) is 10.1 Å². The lowest BCUT2D eigenvalue weighted by Gasteiger charge is -2.10. The smallest absolute Gasteiger partial charge is 0.293 e. The monoisotopic (exact) mass is 273 g/mol. The molecule has 1 rings (SSSR count). The Labute approximate surface area is 110 Å². The van der Waals surface area contributed by atoms with Crippen LogP contribution in [0.2, 0.25) is 5.02 Å². The van der Waals surface area contributed by atoms with E-state index in [0.717, 1.165) is 0 Å². The predicted molar refractivity (Wildman–Crippen MR) is 71.1 cm³/mol. The molecule has 100 valence electrons. The summed E-state index contributed by atoms with van der Waals surface area (Å²) in [5.74, 6) is 0. The molecule has 0 amide bonds. The molecule has 0 aliphatic carbocycles. The standard InChI is InChI=1S/C11H16ClN3O3/c1-8(16)7-13-5-6-14-11-9(12)3-2-4-10(11)15(17)18/h2-4,8,13-14,16H,5-7H2,1H3/t8-/m1/s1. The summed E-state index contributed by atoms with van der Waals surface area (Å²) in [4.78, 5) is 10.3. The van der Waals surface area contributed by atoms with Gasteiger partial charge in [0.25, 0.3) is 5.69 Å². The fraction of sp³-hybridized carbons (Fsp3) is 0.455. The van der Waals surface area contributed by atoms with Crippen LogP contribution < -0.4 is 10.6 Å². The molecule has 0 spiro atoms. The van der Waals surface area contributed by atoms with E-state index in [2.05, 4.69) is 10.6 Å². The van der Waals surface area contributed by atoms with Crippen molar-refractivity contribution in [3.05, 3.63) is 33.3 Å². The highest BCUT2D eigenvalue weighted by molar-refractivity contribution is 6.33. The number of nitro benzene ring substituents is 1. The molecule has 6 nitrogen and oxygen atoms in total. The van der Waals surface area contributed by atoms with Crippen molar-refractivity contribution < 1.29 is 10.0 Å². The zero-order chi connectivity index (χ0) is 13.5. The van der Waals surface area contributed by atoms with Gasteiger partial charge in [0.1, 0.15) is 5.69 Å². The Morgan fingerprint density at radius 3 is 2.83 bits per heavy atom. The molecule has 0 aliphatic heterocycles. The molecular weight excluding hydrogens is 258 g/mol. The van der Waals surface area contributed by atoms with Crippen LogP contribution in [-0.2, 0) is 0 Å². The lowest BCUT2D eigenvalue weighted by molar-refractivity contribution is -0.383. The molecule has 0 heterocycles. The van der Waals surface area contributed by atoms with Gasteiger partial charge in [0.2, 0.25) is 0 Å². The van der Waals surface area contributed by atoms with Gasteiger partial charge >= 0.3 is 0 Å². The first-order chi connectivity index (χ1) is 8.52. The fourth-order valence-corrected chi connectivity index (χ4v) is 1.66. The molecular formula is C11H16ClN3O3. The van der Waals surface area contributed by atoms with Crippen LogP contribution in [0.1, 0.15) is 6.92 Å². The van der Waals surface area contributed by atoms with Crippen LogP contribution in [0.4, 0.5) is 11.4 Å². The van der Waals surface area contributed by atoms with E-state index in [0.29, 0.717) is 30.3 Å². The van der Waals surface area contributed by atoms with E-state index >= 15 is 0 Å². The van der Waals surface area contributed by atoms with Crippen molar-refractivity contribution >= 4 is 23.0 Å². The van der Waals surface area contributed by atoms with Gasteiger partial charge in [-0.05, 0) is 13.0 Å². The summed E-state index contributed by atoms with van der Waals surface area (Å²) in [6.07, 6.45) is -0.417. The molecule has 3 N–H and O–H groups in total. The molecule has 0 saturated carbocycles. The Balaban J connectivity index is 2.53. The Hall–Kier alpha value is -1.37. The van der Waals surface area contributed by atoms with Gasteiger partial charge in [0.05, 0.1) is 16.0 Å². The third-order valence-corrected chi connectivity index (χ3v) is 2.55. The highest BCUT2D eigenvalue weighted by Gasteiger charge is 2.15. The predicted octanol–water partition coefficient (Wildman–Crippen LogP) is 1.63. The first-order valence-electron chi connectivity index (χ1n) is 5.58. The largest absolute Gasteiger partial charge is 0.392 e. The van der Waals surface area contributed by atoms with Gasteiger partial charge in [-0.15, -0.1) is 0 Å². The summed E-state index contributed by atoms with van der Waals surface area (Å²) in [6, 6.07) is 4.54. The van der Waals surface area contributed by atoms with Gasteiger partial charge < -0.3 is 15.7 Å². The zero-order valence-electron chi connectivity index (χ0n) is 10.0. The van der Waals surface area contributed by atoms with Crippen molar-refractivity contribution in [3.63, 3.8) is 0 Å². The Morgan fingerprint density at radius 2 is 2.22 bits per heavy atom. The SMILES string of the molecule is C[C@@H](O)CNCCNc1c(Cl)cccc1[N+](=O)[O-]. The first kappa shape index (κ1) is 14.7. The highest BCUT2D eigenvalue weighted by Crippen LogP contribution is 2.31. The number of aliphatic hydroxyl groups is 1. The summed E-state index contributed by atoms with van der Waals surface area (Å²) in [5.41, 5.74) is 0.279. The van der Waals surface area contributed by atoms with Crippen LogP contribution in [0.3, 0.4) is 0 Å². The Bertz CT molecular complexity index is 413. The van der Waals surface area contributed by atoms with Gasteiger partial charge in [0.15, 0.2) is 0 Å². The number of halogens is 1. The molecule has 1 aromatic rings. The van der Waals surface area contributed by atoms with Crippen LogP contribution in [0.15, 0.2) is 18.2 Å². The van der Waals surface area contributed by atoms with Crippen LogP contribution in [0.5, 0.6) is 0 Å². The van der Waals surface area contributed by atoms with Crippen molar-refractivity contribution in [2.24, 2.45) is 0 Å². The number of nitrogens with zero attached hydrogens (tertiary/aromatic N) is 1. The molecule has 1 aromatic carbocycles. The lowest BCUT2D eigenvalue weighted by Crippen LogP contribution is -2.29. The summed E-state index contributed by atoms with van der Waals surface area (Å²) >= 11 is 5.91. The van der Waals surface area contributed by atoms with Crippen LogP contribution in [0, 0.1) is 10.1 Å². The third kappa shape index (κ3) is 4.48. The summed E-state index contributed by atoms with van der Waals surface area (Å²) in [7, 11) is 0. The molecule has 1 atom stereocenters. The number of rotatable bonds is 7. The van der Waals surface area contributed by atoms with E-state index in [1.807, 2.05) is 0 Å². The number of hydrogen-bond donors (Lipinski definition) is 3. The topological polar surface area (TPSA) is 87.4 Å². The van der Waals surface area contributed by atoms with E-state index in [9.17, 15) is 10.1 Å². The molecule has 0 fully saturated rings. The van der Waals surface area contributed by atoms with Crippen LogP contribution in [0.25, 0.3) is 0 Å². The minimum absolute atomic E-state index is 0.0435. The van der Waals surface area contributed by atoms with Gasteiger partial charge in [-0.25, -0.2) is 0 Å². The molecule has 0 unspecified atom stereocenters. The summed E-state index contributed by atoms with van der Waals surface area (Å²) in [5, 5.41) is 26.1. The average Bonchev–Trinajstić information content (AvgIpc) is 2.29. The number of benzene rings is 1.